The molecule has 3 aliphatic rings. The third kappa shape index (κ3) is 3.77. The molecule has 1 N–H and O–H groups in total. The van der Waals surface area contributed by atoms with E-state index in [0.717, 1.165) is 12.8 Å². The molecule has 2 saturated heterocycles. The molecule has 0 aromatic carbocycles. The number of ether oxygens (including phenoxy) is 5. The first kappa shape index (κ1) is 17.3. The highest BCUT2D eigenvalue weighted by molar-refractivity contribution is 5.81. The van der Waals surface area contributed by atoms with Crippen LogP contribution >= 0.6 is 0 Å². The van der Waals surface area contributed by atoms with Crippen molar-refractivity contribution >= 4 is 24.2 Å². The van der Waals surface area contributed by atoms with Crippen molar-refractivity contribution in [3.63, 3.8) is 0 Å². The standard InChI is InChI=1S/C15H18O10/c16-12(17)7-3-1-2-4-8(7)13(18)25-11(9-5-21-14(19)23-9)10-6-22-15(20)24-10/h7-11H,1-6H2,(H,16,17). The van der Waals surface area contributed by atoms with E-state index >= 15 is 0 Å². The Morgan fingerprint density at radius 1 is 0.960 bits per heavy atom. The van der Waals surface area contributed by atoms with Crippen molar-refractivity contribution in [3.8, 4) is 0 Å². The van der Waals surface area contributed by atoms with Gasteiger partial charge in [-0.25, -0.2) is 9.59 Å². The molecule has 4 unspecified atom stereocenters. The summed E-state index contributed by atoms with van der Waals surface area (Å²) in [5.74, 6) is -3.40. The highest BCUT2D eigenvalue weighted by atomic mass is 16.8. The van der Waals surface area contributed by atoms with E-state index in [1.54, 1.807) is 0 Å². The summed E-state index contributed by atoms with van der Waals surface area (Å²) < 4.78 is 24.7. The summed E-state index contributed by atoms with van der Waals surface area (Å²) in [6, 6.07) is 0. The number of carbonyl (C=O) groups excluding carboxylic acids is 3. The number of esters is 1. The largest absolute Gasteiger partial charge is 0.508 e. The molecule has 10 heteroatoms. The van der Waals surface area contributed by atoms with Crippen molar-refractivity contribution < 1.29 is 48.0 Å². The zero-order chi connectivity index (χ0) is 18.0. The molecule has 4 atom stereocenters. The third-order valence-corrected chi connectivity index (χ3v) is 4.60. The molecule has 2 aliphatic heterocycles. The van der Waals surface area contributed by atoms with Gasteiger partial charge in [-0.3, -0.25) is 9.59 Å². The Kier molecular flexibility index (Phi) is 4.95. The predicted molar refractivity (Wildman–Crippen MR) is 75.4 cm³/mol. The Balaban J connectivity index is 1.72. The number of rotatable bonds is 5. The van der Waals surface area contributed by atoms with Crippen LogP contribution in [0.3, 0.4) is 0 Å². The van der Waals surface area contributed by atoms with E-state index < -0.39 is 54.4 Å². The fourth-order valence-electron chi connectivity index (χ4n) is 3.33. The lowest BCUT2D eigenvalue weighted by molar-refractivity contribution is -0.172. The number of carbonyl (C=O) groups is 4. The van der Waals surface area contributed by atoms with Gasteiger partial charge in [-0.05, 0) is 12.8 Å². The van der Waals surface area contributed by atoms with Gasteiger partial charge < -0.3 is 28.8 Å². The minimum atomic E-state index is -1.12. The molecular formula is C15H18O10. The third-order valence-electron chi connectivity index (χ3n) is 4.60. The minimum absolute atomic E-state index is 0.169. The van der Waals surface area contributed by atoms with Crippen LogP contribution in [0.5, 0.6) is 0 Å². The average molecular weight is 358 g/mol. The van der Waals surface area contributed by atoms with Crippen molar-refractivity contribution in [3.05, 3.63) is 0 Å². The first-order valence-electron chi connectivity index (χ1n) is 8.06. The summed E-state index contributed by atoms with van der Waals surface area (Å²) in [6.07, 6.45) is -2.64. The normalized spacial score (nSPS) is 32.8. The number of cyclic esters (lactones) is 4. The monoisotopic (exact) mass is 358 g/mol. The van der Waals surface area contributed by atoms with Crippen LogP contribution < -0.4 is 0 Å². The van der Waals surface area contributed by atoms with Crippen LogP contribution in [-0.2, 0) is 33.3 Å². The maximum absolute atomic E-state index is 12.6. The highest BCUT2D eigenvalue weighted by Gasteiger charge is 2.47. The molecule has 10 nitrogen and oxygen atoms in total. The molecule has 0 aromatic heterocycles. The van der Waals surface area contributed by atoms with Crippen LogP contribution in [0, 0.1) is 11.8 Å². The molecule has 1 saturated carbocycles. The second-order valence-corrected chi connectivity index (χ2v) is 6.17. The van der Waals surface area contributed by atoms with E-state index in [1.165, 1.54) is 0 Å². The van der Waals surface area contributed by atoms with Crippen LogP contribution in [0.4, 0.5) is 9.59 Å². The molecule has 3 rings (SSSR count). The first-order chi connectivity index (χ1) is 12.0. The van der Waals surface area contributed by atoms with E-state index in [0.29, 0.717) is 12.8 Å². The number of hydrogen-bond donors (Lipinski definition) is 1. The summed E-state index contributed by atoms with van der Waals surface area (Å²) in [5, 5.41) is 9.30. The van der Waals surface area contributed by atoms with Crippen molar-refractivity contribution in [2.45, 2.75) is 44.0 Å². The molecule has 0 radical (unpaired) electrons. The predicted octanol–water partition coefficient (Wildman–Crippen LogP) is 0.860. The van der Waals surface area contributed by atoms with Crippen molar-refractivity contribution in [2.75, 3.05) is 13.2 Å². The number of hydrogen-bond acceptors (Lipinski definition) is 9. The molecule has 0 bridgehead atoms. The van der Waals surface area contributed by atoms with E-state index in [-0.39, 0.29) is 13.2 Å². The van der Waals surface area contributed by atoms with E-state index in [9.17, 15) is 24.3 Å². The zero-order valence-corrected chi connectivity index (χ0v) is 13.3. The van der Waals surface area contributed by atoms with Gasteiger partial charge in [-0.15, -0.1) is 0 Å². The van der Waals surface area contributed by atoms with Gasteiger partial charge in [0, 0.05) is 0 Å². The summed E-state index contributed by atoms with van der Waals surface area (Å²) in [5.41, 5.74) is 0. The lowest BCUT2D eigenvalue weighted by Crippen LogP contribution is -2.46. The van der Waals surface area contributed by atoms with E-state index in [1.807, 2.05) is 0 Å². The Labute approximate surface area is 142 Å². The number of carboxylic acid groups (broad SMARTS) is 1. The van der Waals surface area contributed by atoms with Gasteiger partial charge in [0.25, 0.3) is 0 Å². The smallest absolute Gasteiger partial charge is 0.481 e. The zero-order valence-electron chi connectivity index (χ0n) is 13.3. The lowest BCUT2D eigenvalue weighted by atomic mass is 9.79. The fraction of sp³-hybridized carbons (Fsp3) is 0.733. The Morgan fingerprint density at radius 2 is 1.48 bits per heavy atom. The molecule has 0 spiro atoms. The molecule has 0 aromatic rings. The summed E-state index contributed by atoms with van der Waals surface area (Å²) in [7, 11) is 0. The van der Waals surface area contributed by atoms with Gasteiger partial charge in [0.1, 0.15) is 13.2 Å². The van der Waals surface area contributed by atoms with Crippen molar-refractivity contribution in [2.24, 2.45) is 11.8 Å². The van der Waals surface area contributed by atoms with Crippen LogP contribution in [0.1, 0.15) is 25.7 Å². The molecule has 2 heterocycles. The average Bonchev–Trinajstić information content (AvgIpc) is 3.21. The lowest BCUT2D eigenvalue weighted by Gasteiger charge is -2.30. The Bertz CT molecular complexity index is 547. The SMILES string of the molecule is O=C1OCC(C(OC(=O)C2CCCCC2C(=O)O)C2COC(=O)O2)O1. The maximum atomic E-state index is 12.6. The molecular weight excluding hydrogens is 340 g/mol. The van der Waals surface area contributed by atoms with Gasteiger partial charge >= 0.3 is 24.2 Å². The van der Waals surface area contributed by atoms with Gasteiger partial charge in [0.2, 0.25) is 0 Å². The van der Waals surface area contributed by atoms with Crippen molar-refractivity contribution in [1.82, 2.24) is 0 Å². The Hall–Kier alpha value is -2.52. The first-order valence-corrected chi connectivity index (χ1v) is 8.06. The molecule has 1 aliphatic carbocycles. The van der Waals surface area contributed by atoms with E-state index in [2.05, 4.69) is 0 Å². The van der Waals surface area contributed by atoms with Crippen molar-refractivity contribution in [1.29, 1.82) is 0 Å². The van der Waals surface area contributed by atoms with Crippen LogP contribution in [0.25, 0.3) is 0 Å². The molecule has 3 fully saturated rings. The molecule has 25 heavy (non-hydrogen) atoms. The second-order valence-electron chi connectivity index (χ2n) is 6.17. The highest BCUT2D eigenvalue weighted by Crippen LogP contribution is 2.32. The van der Waals surface area contributed by atoms with Gasteiger partial charge in [0.15, 0.2) is 18.3 Å². The summed E-state index contributed by atoms with van der Waals surface area (Å²) >= 11 is 0. The fourth-order valence-corrected chi connectivity index (χ4v) is 3.33. The maximum Gasteiger partial charge on any atom is 0.508 e. The van der Waals surface area contributed by atoms with Crippen LogP contribution in [-0.4, -0.2) is 60.9 Å². The van der Waals surface area contributed by atoms with E-state index in [4.69, 9.17) is 23.7 Å². The van der Waals surface area contributed by atoms with Gasteiger partial charge in [0.05, 0.1) is 11.8 Å². The quantitative estimate of drug-likeness (QED) is 0.557. The number of aliphatic carboxylic acids is 1. The molecule has 0 amide bonds. The van der Waals surface area contributed by atoms with Gasteiger partial charge in [-0.2, -0.15) is 0 Å². The number of carboxylic acids is 1. The Morgan fingerprint density at radius 3 is 1.92 bits per heavy atom. The summed E-state index contributed by atoms with van der Waals surface area (Å²) in [6.45, 7) is -0.338. The topological polar surface area (TPSA) is 135 Å². The van der Waals surface area contributed by atoms with Crippen LogP contribution in [0.2, 0.25) is 0 Å². The second kappa shape index (κ2) is 7.16. The minimum Gasteiger partial charge on any atom is -0.481 e. The van der Waals surface area contributed by atoms with Gasteiger partial charge in [-0.1, -0.05) is 12.8 Å². The molecule has 138 valence electrons. The summed E-state index contributed by atoms with van der Waals surface area (Å²) in [4.78, 5) is 46.2. The van der Waals surface area contributed by atoms with Crippen LogP contribution in [0.15, 0.2) is 0 Å².